The fourth-order valence-corrected chi connectivity index (χ4v) is 2.60. The minimum atomic E-state index is -0.360. The Balaban J connectivity index is 2.28. The molecule has 0 bridgehead atoms. The molecule has 2 heterocycles. The van der Waals surface area contributed by atoms with Crippen molar-refractivity contribution in [1.29, 1.82) is 0 Å². The second-order valence-electron chi connectivity index (χ2n) is 5.42. The summed E-state index contributed by atoms with van der Waals surface area (Å²) in [5.74, 6) is -0.194. The lowest BCUT2D eigenvalue weighted by atomic mass is 9.96. The Bertz CT molecular complexity index is 550. The summed E-state index contributed by atoms with van der Waals surface area (Å²) in [4.78, 5) is 28.7. The first-order valence-corrected chi connectivity index (χ1v) is 6.58. The smallest absolute Gasteiger partial charge is 0.261 e. The molecule has 19 heavy (non-hydrogen) atoms. The highest BCUT2D eigenvalue weighted by atomic mass is 16.3. The zero-order valence-electron chi connectivity index (χ0n) is 11.6. The molecule has 1 fully saturated rings. The number of likely N-dealkylation sites (tertiary alicyclic amines) is 1. The summed E-state index contributed by atoms with van der Waals surface area (Å²) < 4.78 is 0. The highest BCUT2D eigenvalue weighted by molar-refractivity contribution is 5.95. The van der Waals surface area contributed by atoms with E-state index in [0.29, 0.717) is 25.1 Å². The van der Waals surface area contributed by atoms with Gasteiger partial charge < -0.3 is 15.0 Å². The Morgan fingerprint density at radius 3 is 2.74 bits per heavy atom. The fraction of sp³-hybridized carbons (Fsp3) is 0.571. The molecular weight excluding hydrogens is 244 g/mol. The molecule has 0 saturated carbocycles. The fourth-order valence-electron chi connectivity index (χ4n) is 2.60. The van der Waals surface area contributed by atoms with Gasteiger partial charge in [0.1, 0.15) is 5.56 Å². The SMILES string of the molecule is Cc1cc(C)c(C(=O)N2CCC(O)C(C)C2)c(=O)[nH]1. The lowest BCUT2D eigenvalue weighted by Gasteiger charge is -2.34. The largest absolute Gasteiger partial charge is 0.393 e. The third-order valence-electron chi connectivity index (χ3n) is 3.73. The summed E-state index contributed by atoms with van der Waals surface area (Å²) in [6, 6.07) is 1.80. The molecule has 2 N–H and O–H groups in total. The number of aliphatic hydroxyl groups is 1. The molecule has 0 spiro atoms. The summed E-state index contributed by atoms with van der Waals surface area (Å²) in [6.45, 7) is 6.47. The number of carbonyl (C=O) groups excluding carboxylic acids is 1. The number of amides is 1. The molecular formula is C14H20N2O3. The molecule has 104 valence electrons. The van der Waals surface area contributed by atoms with E-state index >= 15 is 0 Å². The quantitative estimate of drug-likeness (QED) is 0.789. The normalized spacial score (nSPS) is 23.5. The molecule has 2 unspecified atom stereocenters. The van der Waals surface area contributed by atoms with Crippen molar-refractivity contribution in [3.63, 3.8) is 0 Å². The number of nitrogens with one attached hydrogen (secondary N) is 1. The van der Waals surface area contributed by atoms with E-state index < -0.39 is 0 Å². The number of nitrogens with zero attached hydrogens (tertiary/aromatic N) is 1. The number of rotatable bonds is 1. The summed E-state index contributed by atoms with van der Waals surface area (Å²) >= 11 is 0. The van der Waals surface area contributed by atoms with Crippen LogP contribution in [0.4, 0.5) is 0 Å². The van der Waals surface area contributed by atoms with Gasteiger partial charge in [-0.25, -0.2) is 0 Å². The first-order chi connectivity index (χ1) is 8.90. The predicted octanol–water partition coefficient (Wildman–Crippen LogP) is 0.835. The van der Waals surface area contributed by atoms with E-state index in [0.717, 1.165) is 5.69 Å². The zero-order chi connectivity index (χ0) is 14.2. The molecule has 1 aromatic rings. The van der Waals surface area contributed by atoms with Crippen molar-refractivity contribution in [2.75, 3.05) is 13.1 Å². The number of carbonyl (C=O) groups is 1. The van der Waals surface area contributed by atoms with Gasteiger partial charge in [0.05, 0.1) is 6.10 Å². The van der Waals surface area contributed by atoms with Crippen molar-refractivity contribution >= 4 is 5.91 Å². The van der Waals surface area contributed by atoms with Crippen LogP contribution in [0.5, 0.6) is 0 Å². The van der Waals surface area contributed by atoms with Crippen molar-refractivity contribution in [3.05, 3.63) is 33.2 Å². The number of H-pyrrole nitrogens is 1. The summed E-state index contributed by atoms with van der Waals surface area (Å²) in [7, 11) is 0. The van der Waals surface area contributed by atoms with Crippen LogP contribution in [0.1, 0.15) is 35.0 Å². The van der Waals surface area contributed by atoms with Crippen LogP contribution in [0.15, 0.2) is 10.9 Å². The van der Waals surface area contributed by atoms with E-state index in [1.54, 1.807) is 24.8 Å². The van der Waals surface area contributed by atoms with Crippen molar-refractivity contribution in [3.8, 4) is 0 Å². The van der Waals surface area contributed by atoms with Crippen molar-refractivity contribution in [2.45, 2.75) is 33.3 Å². The van der Waals surface area contributed by atoms with Crippen molar-refractivity contribution in [1.82, 2.24) is 9.88 Å². The van der Waals surface area contributed by atoms with Crippen LogP contribution in [0.2, 0.25) is 0 Å². The molecule has 1 aliphatic heterocycles. The lowest BCUT2D eigenvalue weighted by molar-refractivity contribution is 0.0296. The van der Waals surface area contributed by atoms with E-state index in [1.807, 2.05) is 6.92 Å². The minimum absolute atomic E-state index is 0.0440. The Hall–Kier alpha value is -1.62. The molecule has 5 heteroatoms. The van der Waals surface area contributed by atoms with Gasteiger partial charge in [0.25, 0.3) is 11.5 Å². The van der Waals surface area contributed by atoms with Gasteiger partial charge >= 0.3 is 0 Å². The van der Waals surface area contributed by atoms with Crippen molar-refractivity contribution in [2.24, 2.45) is 5.92 Å². The van der Waals surface area contributed by atoms with Gasteiger partial charge in [0.15, 0.2) is 0 Å². The van der Waals surface area contributed by atoms with E-state index in [-0.39, 0.29) is 29.1 Å². The van der Waals surface area contributed by atoms with E-state index in [1.165, 1.54) is 0 Å². The molecule has 1 amide bonds. The highest BCUT2D eigenvalue weighted by Gasteiger charge is 2.29. The predicted molar refractivity (Wildman–Crippen MR) is 72.2 cm³/mol. The number of aryl methyl sites for hydroxylation is 2. The third-order valence-corrected chi connectivity index (χ3v) is 3.73. The first-order valence-electron chi connectivity index (χ1n) is 6.58. The van der Waals surface area contributed by atoms with Crippen LogP contribution < -0.4 is 5.56 Å². The van der Waals surface area contributed by atoms with Gasteiger partial charge in [-0.05, 0) is 37.8 Å². The number of piperidine rings is 1. The van der Waals surface area contributed by atoms with Crippen LogP contribution in [-0.4, -0.2) is 40.1 Å². The molecule has 1 saturated heterocycles. The van der Waals surface area contributed by atoms with Gasteiger partial charge in [-0.3, -0.25) is 9.59 Å². The first kappa shape index (κ1) is 13.8. The van der Waals surface area contributed by atoms with E-state index in [2.05, 4.69) is 4.98 Å². The topological polar surface area (TPSA) is 73.4 Å². The maximum Gasteiger partial charge on any atom is 0.261 e. The number of hydrogen-bond acceptors (Lipinski definition) is 3. The highest BCUT2D eigenvalue weighted by Crippen LogP contribution is 2.18. The molecule has 0 aliphatic carbocycles. The van der Waals surface area contributed by atoms with Gasteiger partial charge in [-0.2, -0.15) is 0 Å². The molecule has 2 rings (SSSR count). The van der Waals surface area contributed by atoms with E-state index in [4.69, 9.17) is 0 Å². The van der Waals surface area contributed by atoms with Gasteiger partial charge in [0.2, 0.25) is 0 Å². The van der Waals surface area contributed by atoms with Crippen LogP contribution >= 0.6 is 0 Å². The number of aromatic amines is 1. The Morgan fingerprint density at radius 2 is 2.16 bits per heavy atom. The van der Waals surface area contributed by atoms with Gasteiger partial charge in [0, 0.05) is 18.8 Å². The maximum absolute atomic E-state index is 12.4. The Labute approximate surface area is 112 Å². The zero-order valence-corrected chi connectivity index (χ0v) is 11.6. The molecule has 1 aliphatic rings. The second kappa shape index (κ2) is 5.17. The van der Waals surface area contributed by atoms with Crippen LogP contribution in [-0.2, 0) is 0 Å². The summed E-state index contributed by atoms with van der Waals surface area (Å²) in [5, 5.41) is 9.69. The average molecular weight is 264 g/mol. The molecule has 2 atom stereocenters. The maximum atomic E-state index is 12.4. The second-order valence-corrected chi connectivity index (χ2v) is 5.42. The third kappa shape index (κ3) is 2.71. The lowest BCUT2D eigenvalue weighted by Crippen LogP contribution is -2.46. The molecule has 0 radical (unpaired) electrons. The molecule has 1 aromatic heterocycles. The van der Waals surface area contributed by atoms with Gasteiger partial charge in [-0.1, -0.05) is 6.92 Å². The van der Waals surface area contributed by atoms with Crippen LogP contribution in [0.25, 0.3) is 0 Å². The molecule has 5 nitrogen and oxygen atoms in total. The van der Waals surface area contributed by atoms with Crippen LogP contribution in [0.3, 0.4) is 0 Å². The number of aromatic nitrogens is 1. The van der Waals surface area contributed by atoms with Crippen LogP contribution in [0, 0.1) is 19.8 Å². The Morgan fingerprint density at radius 1 is 1.47 bits per heavy atom. The van der Waals surface area contributed by atoms with Gasteiger partial charge in [-0.15, -0.1) is 0 Å². The van der Waals surface area contributed by atoms with E-state index in [9.17, 15) is 14.7 Å². The number of aliphatic hydroxyl groups excluding tert-OH is 1. The standard InChI is InChI=1S/C14H20N2O3/c1-8-6-10(3)15-13(18)12(8)14(19)16-5-4-11(17)9(2)7-16/h6,9,11,17H,4-5,7H2,1-3H3,(H,15,18). The summed E-state index contributed by atoms with van der Waals surface area (Å²) in [6.07, 6.45) is 0.205. The molecule has 0 aromatic carbocycles. The minimum Gasteiger partial charge on any atom is -0.393 e. The summed E-state index contributed by atoms with van der Waals surface area (Å²) in [5.41, 5.74) is 1.34. The Kier molecular flexibility index (Phi) is 3.75. The number of hydrogen-bond donors (Lipinski definition) is 2. The monoisotopic (exact) mass is 264 g/mol. The number of pyridine rings is 1. The average Bonchev–Trinajstić information content (AvgIpc) is 2.31. The van der Waals surface area contributed by atoms with Crippen molar-refractivity contribution < 1.29 is 9.90 Å².